The Morgan fingerprint density at radius 1 is 1.30 bits per heavy atom. The summed E-state index contributed by atoms with van der Waals surface area (Å²) in [5, 5.41) is 7.97. The average Bonchev–Trinajstić information content (AvgIpc) is 2.49. The van der Waals surface area contributed by atoms with Gasteiger partial charge >= 0.3 is 6.03 Å². The van der Waals surface area contributed by atoms with Crippen LogP contribution in [0, 0.1) is 0 Å². The number of rotatable bonds is 7. The van der Waals surface area contributed by atoms with E-state index in [4.69, 9.17) is 4.74 Å². The number of ether oxygens (including phenoxy) is 1. The van der Waals surface area contributed by atoms with Crippen LogP contribution in [0.3, 0.4) is 0 Å². The Balaban J connectivity index is 2.13. The number of pyridine rings is 1. The van der Waals surface area contributed by atoms with Crippen molar-refractivity contribution >= 4 is 11.9 Å². The molecule has 1 atom stereocenters. The minimum Gasteiger partial charge on any atom is -0.380 e. The van der Waals surface area contributed by atoms with Crippen LogP contribution in [0.5, 0.6) is 0 Å². The highest BCUT2D eigenvalue weighted by Gasteiger charge is 2.05. The Labute approximate surface area is 118 Å². The summed E-state index contributed by atoms with van der Waals surface area (Å²) in [6, 6.07) is 3.08. The van der Waals surface area contributed by atoms with Crippen molar-refractivity contribution in [1.29, 1.82) is 0 Å². The quantitative estimate of drug-likeness (QED) is 0.620. The van der Waals surface area contributed by atoms with E-state index < -0.39 is 0 Å². The molecule has 1 aromatic heterocycles. The predicted octanol–water partition coefficient (Wildman–Crippen LogP) is 0.146. The Morgan fingerprint density at radius 3 is 2.70 bits per heavy atom. The number of nitrogens with one attached hydrogen (secondary N) is 3. The third-order valence-corrected chi connectivity index (χ3v) is 2.57. The van der Waals surface area contributed by atoms with Gasteiger partial charge in [-0.1, -0.05) is 0 Å². The summed E-state index contributed by atoms with van der Waals surface area (Å²) in [6.07, 6.45) is 3.05. The fourth-order valence-electron chi connectivity index (χ4n) is 1.33. The van der Waals surface area contributed by atoms with E-state index in [1.54, 1.807) is 25.4 Å². The molecular weight excluding hydrogens is 260 g/mol. The fraction of sp³-hybridized carbons (Fsp3) is 0.462. The highest BCUT2D eigenvalue weighted by atomic mass is 16.5. The molecule has 1 rings (SSSR count). The van der Waals surface area contributed by atoms with Crippen LogP contribution in [0.4, 0.5) is 4.79 Å². The van der Waals surface area contributed by atoms with Crippen LogP contribution < -0.4 is 16.0 Å². The maximum absolute atomic E-state index is 11.6. The molecule has 0 aliphatic carbocycles. The van der Waals surface area contributed by atoms with Crippen LogP contribution in [0.2, 0.25) is 0 Å². The molecule has 0 saturated carbocycles. The number of amides is 3. The third kappa shape index (κ3) is 6.14. The van der Waals surface area contributed by atoms with Crippen molar-refractivity contribution in [2.45, 2.75) is 13.0 Å². The van der Waals surface area contributed by atoms with E-state index >= 15 is 0 Å². The minimum absolute atomic E-state index is 0.0361. The fourth-order valence-corrected chi connectivity index (χ4v) is 1.33. The Kier molecular flexibility index (Phi) is 7.05. The topological polar surface area (TPSA) is 92.4 Å². The molecule has 1 heterocycles. The van der Waals surface area contributed by atoms with Crippen LogP contribution in [0.1, 0.15) is 17.3 Å². The van der Waals surface area contributed by atoms with Crippen LogP contribution in [-0.2, 0) is 4.74 Å². The summed E-state index contributed by atoms with van der Waals surface area (Å²) in [6.45, 7) is 2.99. The lowest BCUT2D eigenvalue weighted by Crippen LogP contribution is -2.42. The van der Waals surface area contributed by atoms with Crippen molar-refractivity contribution < 1.29 is 14.3 Å². The molecule has 0 bridgehead atoms. The number of hydrogen-bond acceptors (Lipinski definition) is 4. The molecule has 3 N–H and O–H groups in total. The van der Waals surface area contributed by atoms with Gasteiger partial charge in [0.25, 0.3) is 5.91 Å². The third-order valence-electron chi connectivity index (χ3n) is 2.57. The number of aromatic nitrogens is 1. The monoisotopic (exact) mass is 280 g/mol. The first-order valence-electron chi connectivity index (χ1n) is 6.36. The standard InChI is InChI=1S/C13H20N4O3/c1-10(20-2)8-17-13(19)16-7-6-15-12(18)11-4-3-5-14-9-11/h3-5,9-10H,6-8H2,1-2H3,(H,15,18)(H2,16,17,19)/t10-/m0/s1. The molecule has 0 radical (unpaired) electrons. The minimum atomic E-state index is -0.287. The van der Waals surface area contributed by atoms with Gasteiger partial charge in [0.2, 0.25) is 0 Å². The van der Waals surface area contributed by atoms with Gasteiger partial charge in [0, 0.05) is 39.1 Å². The number of carbonyl (C=O) groups excluding carboxylic acids is 2. The lowest BCUT2D eigenvalue weighted by atomic mass is 10.3. The summed E-state index contributed by atoms with van der Waals surface area (Å²) in [5.74, 6) is -0.215. The molecule has 0 spiro atoms. The second kappa shape index (κ2) is 8.87. The molecule has 0 aromatic carbocycles. The van der Waals surface area contributed by atoms with Gasteiger partial charge in [-0.3, -0.25) is 9.78 Å². The molecule has 0 fully saturated rings. The lowest BCUT2D eigenvalue weighted by molar-refractivity contribution is 0.0953. The van der Waals surface area contributed by atoms with E-state index in [9.17, 15) is 9.59 Å². The molecule has 3 amide bonds. The Hall–Kier alpha value is -2.15. The second-order valence-corrected chi connectivity index (χ2v) is 4.18. The SMILES string of the molecule is CO[C@@H](C)CNC(=O)NCCNC(=O)c1cccnc1. The first-order valence-corrected chi connectivity index (χ1v) is 6.36. The zero-order valence-electron chi connectivity index (χ0n) is 11.7. The molecule has 1 aromatic rings. The number of methoxy groups -OCH3 is 1. The smallest absolute Gasteiger partial charge is 0.314 e. The first kappa shape index (κ1) is 15.9. The summed E-state index contributed by atoms with van der Waals surface area (Å²) in [7, 11) is 1.58. The van der Waals surface area contributed by atoms with Gasteiger partial charge in [0.05, 0.1) is 11.7 Å². The average molecular weight is 280 g/mol. The van der Waals surface area contributed by atoms with Gasteiger partial charge in [-0.2, -0.15) is 0 Å². The molecule has 7 heteroatoms. The van der Waals surface area contributed by atoms with Crippen molar-refractivity contribution in [3.05, 3.63) is 30.1 Å². The summed E-state index contributed by atoms with van der Waals surface area (Å²) in [5.41, 5.74) is 0.492. The summed E-state index contributed by atoms with van der Waals surface area (Å²) < 4.78 is 5.00. The molecule has 0 aliphatic rings. The van der Waals surface area contributed by atoms with E-state index in [-0.39, 0.29) is 18.0 Å². The van der Waals surface area contributed by atoms with E-state index in [2.05, 4.69) is 20.9 Å². The van der Waals surface area contributed by atoms with Crippen molar-refractivity contribution in [3.63, 3.8) is 0 Å². The van der Waals surface area contributed by atoms with Crippen LogP contribution in [-0.4, -0.2) is 49.8 Å². The highest BCUT2D eigenvalue weighted by molar-refractivity contribution is 5.93. The van der Waals surface area contributed by atoms with E-state index in [0.717, 1.165) is 0 Å². The van der Waals surface area contributed by atoms with Gasteiger partial charge in [0.15, 0.2) is 0 Å². The van der Waals surface area contributed by atoms with Gasteiger partial charge in [0.1, 0.15) is 0 Å². The maximum Gasteiger partial charge on any atom is 0.314 e. The van der Waals surface area contributed by atoms with Gasteiger partial charge < -0.3 is 20.7 Å². The largest absolute Gasteiger partial charge is 0.380 e. The van der Waals surface area contributed by atoms with Crippen molar-refractivity contribution in [2.24, 2.45) is 0 Å². The predicted molar refractivity (Wildman–Crippen MR) is 74.4 cm³/mol. The molecular formula is C13H20N4O3. The van der Waals surface area contributed by atoms with Crippen LogP contribution in [0.15, 0.2) is 24.5 Å². The van der Waals surface area contributed by atoms with E-state index in [0.29, 0.717) is 25.2 Å². The molecule has 0 unspecified atom stereocenters. The zero-order valence-corrected chi connectivity index (χ0v) is 11.7. The Bertz CT molecular complexity index is 425. The van der Waals surface area contributed by atoms with Crippen molar-refractivity contribution in [2.75, 3.05) is 26.7 Å². The summed E-state index contributed by atoms with van der Waals surface area (Å²) >= 11 is 0. The van der Waals surface area contributed by atoms with Crippen LogP contribution >= 0.6 is 0 Å². The van der Waals surface area contributed by atoms with Crippen molar-refractivity contribution in [1.82, 2.24) is 20.9 Å². The highest BCUT2D eigenvalue weighted by Crippen LogP contribution is 1.94. The van der Waals surface area contributed by atoms with Gasteiger partial charge in [-0.15, -0.1) is 0 Å². The number of hydrogen-bond donors (Lipinski definition) is 3. The zero-order chi connectivity index (χ0) is 14.8. The molecule has 20 heavy (non-hydrogen) atoms. The molecule has 0 aliphatic heterocycles. The second-order valence-electron chi connectivity index (χ2n) is 4.18. The normalized spacial score (nSPS) is 11.5. The van der Waals surface area contributed by atoms with Gasteiger partial charge in [-0.25, -0.2) is 4.79 Å². The van der Waals surface area contributed by atoms with Crippen molar-refractivity contribution in [3.8, 4) is 0 Å². The molecule has 7 nitrogen and oxygen atoms in total. The maximum atomic E-state index is 11.6. The van der Waals surface area contributed by atoms with E-state index in [1.165, 1.54) is 6.20 Å². The lowest BCUT2D eigenvalue weighted by Gasteiger charge is -2.12. The Morgan fingerprint density at radius 2 is 2.05 bits per heavy atom. The van der Waals surface area contributed by atoms with Gasteiger partial charge in [-0.05, 0) is 19.1 Å². The first-order chi connectivity index (χ1) is 9.63. The number of urea groups is 1. The summed E-state index contributed by atoms with van der Waals surface area (Å²) in [4.78, 5) is 26.9. The van der Waals surface area contributed by atoms with Crippen LogP contribution in [0.25, 0.3) is 0 Å². The molecule has 110 valence electrons. The number of carbonyl (C=O) groups is 2. The number of nitrogens with zero attached hydrogens (tertiary/aromatic N) is 1. The molecule has 0 saturated heterocycles. The van der Waals surface area contributed by atoms with E-state index in [1.807, 2.05) is 6.92 Å².